The molecule has 0 bridgehead atoms. The number of carbonyl (C=O) groups excluding carboxylic acids is 3. The van der Waals surface area contributed by atoms with Gasteiger partial charge in [-0.1, -0.05) is 31.5 Å². The van der Waals surface area contributed by atoms with Gasteiger partial charge in [0.1, 0.15) is 11.1 Å². The van der Waals surface area contributed by atoms with Crippen molar-refractivity contribution in [3.63, 3.8) is 0 Å². The number of carbonyl (C=O) groups is 3. The smallest absolute Gasteiger partial charge is 0.338 e. The Kier molecular flexibility index (Phi) is 7.70. The van der Waals surface area contributed by atoms with Crippen LogP contribution in [0.2, 0.25) is 0 Å². The summed E-state index contributed by atoms with van der Waals surface area (Å²) < 4.78 is 5.65. The normalized spacial score (nSPS) is 17.5. The summed E-state index contributed by atoms with van der Waals surface area (Å²) in [5.41, 5.74) is 3.17. The predicted octanol–water partition coefficient (Wildman–Crippen LogP) is 6.87. The first kappa shape index (κ1) is 25.2. The molecule has 1 heterocycles. The molecule has 1 atom stereocenters. The summed E-state index contributed by atoms with van der Waals surface area (Å²) in [7, 11) is 0. The summed E-state index contributed by atoms with van der Waals surface area (Å²) >= 11 is 1.50. The highest BCUT2D eigenvalue weighted by Crippen LogP contribution is 2.40. The van der Waals surface area contributed by atoms with Crippen LogP contribution >= 0.6 is 11.3 Å². The predicted molar refractivity (Wildman–Crippen MR) is 147 cm³/mol. The molecule has 2 aliphatic rings. The number of benzene rings is 2. The standard InChI is InChI=1S/C30H32N2O4S/c1-19-12-17-24-25(18-19)37-29(32-27(33)20-8-4-2-5-9-20)26(24)28(34)31-22-15-13-21(14-16-22)30(35)36-23-10-6-3-7-11-23/h2,4-5,8-9,13-16,19,23H,3,6-7,10-12,17-18H2,1H3,(H,31,34)(H,32,33). The van der Waals surface area contributed by atoms with Gasteiger partial charge in [-0.15, -0.1) is 11.3 Å². The van der Waals surface area contributed by atoms with E-state index < -0.39 is 0 Å². The SMILES string of the molecule is CC1CCc2c(sc(NC(=O)c3ccccc3)c2C(=O)Nc2ccc(C(=O)OC3CCCCC3)cc2)C1. The minimum absolute atomic E-state index is 0.00219. The van der Waals surface area contributed by atoms with Crippen LogP contribution in [0.1, 0.15) is 87.0 Å². The van der Waals surface area contributed by atoms with Gasteiger partial charge < -0.3 is 15.4 Å². The van der Waals surface area contributed by atoms with E-state index in [9.17, 15) is 14.4 Å². The third kappa shape index (κ3) is 5.93. The van der Waals surface area contributed by atoms with Gasteiger partial charge >= 0.3 is 5.97 Å². The van der Waals surface area contributed by atoms with Crippen LogP contribution in [-0.2, 0) is 17.6 Å². The topological polar surface area (TPSA) is 84.5 Å². The Morgan fingerprint density at radius 1 is 0.838 bits per heavy atom. The summed E-state index contributed by atoms with van der Waals surface area (Å²) in [6.07, 6.45) is 7.96. The van der Waals surface area contributed by atoms with Gasteiger partial charge in [0.25, 0.3) is 11.8 Å². The van der Waals surface area contributed by atoms with Crippen molar-refractivity contribution in [2.45, 2.75) is 64.4 Å². The van der Waals surface area contributed by atoms with Gasteiger partial charge in [0.2, 0.25) is 0 Å². The number of hydrogen-bond acceptors (Lipinski definition) is 5. The van der Waals surface area contributed by atoms with Crippen LogP contribution < -0.4 is 10.6 Å². The van der Waals surface area contributed by atoms with E-state index in [0.717, 1.165) is 55.4 Å². The highest BCUT2D eigenvalue weighted by atomic mass is 32.1. The number of rotatable bonds is 6. The van der Waals surface area contributed by atoms with Crippen molar-refractivity contribution in [1.82, 2.24) is 0 Å². The number of hydrogen-bond donors (Lipinski definition) is 2. The third-order valence-electron chi connectivity index (χ3n) is 7.21. The molecular formula is C30H32N2O4S. The van der Waals surface area contributed by atoms with Gasteiger partial charge in [0, 0.05) is 16.1 Å². The number of nitrogens with one attached hydrogen (secondary N) is 2. The zero-order valence-electron chi connectivity index (χ0n) is 21.0. The van der Waals surface area contributed by atoms with Crippen LogP contribution in [0.5, 0.6) is 0 Å². The van der Waals surface area contributed by atoms with E-state index in [2.05, 4.69) is 17.6 Å². The monoisotopic (exact) mass is 516 g/mol. The van der Waals surface area contributed by atoms with Crippen LogP contribution in [0, 0.1) is 5.92 Å². The number of fused-ring (bicyclic) bond motifs is 1. The first-order valence-electron chi connectivity index (χ1n) is 13.1. The molecule has 2 amide bonds. The molecule has 1 saturated carbocycles. The van der Waals surface area contributed by atoms with Crippen molar-refractivity contribution in [3.05, 3.63) is 81.7 Å². The fourth-order valence-electron chi connectivity index (χ4n) is 5.13. The van der Waals surface area contributed by atoms with Crippen molar-refractivity contribution in [3.8, 4) is 0 Å². The molecule has 6 nitrogen and oxygen atoms in total. The van der Waals surface area contributed by atoms with E-state index in [1.54, 1.807) is 36.4 Å². The molecular weight excluding hydrogens is 484 g/mol. The maximum Gasteiger partial charge on any atom is 0.338 e. The van der Waals surface area contributed by atoms with Crippen LogP contribution in [0.25, 0.3) is 0 Å². The molecule has 2 aliphatic carbocycles. The molecule has 0 radical (unpaired) electrons. The highest BCUT2D eigenvalue weighted by molar-refractivity contribution is 7.17. The number of anilines is 2. The van der Waals surface area contributed by atoms with Crippen molar-refractivity contribution in [2.24, 2.45) is 5.92 Å². The quantitative estimate of drug-likeness (QED) is 0.350. The largest absolute Gasteiger partial charge is 0.459 e. The fraction of sp³-hybridized carbons (Fsp3) is 0.367. The third-order valence-corrected chi connectivity index (χ3v) is 8.38. The Hall–Kier alpha value is -3.45. The molecule has 0 spiro atoms. The maximum atomic E-state index is 13.5. The molecule has 2 N–H and O–H groups in total. The second-order valence-electron chi connectivity index (χ2n) is 10.1. The molecule has 1 unspecified atom stereocenters. The number of amides is 2. The molecule has 5 rings (SSSR count). The van der Waals surface area contributed by atoms with Gasteiger partial charge in [-0.25, -0.2) is 4.79 Å². The van der Waals surface area contributed by atoms with E-state index >= 15 is 0 Å². The van der Waals surface area contributed by atoms with Crippen LogP contribution in [-0.4, -0.2) is 23.9 Å². The van der Waals surface area contributed by atoms with Crippen molar-refractivity contribution >= 4 is 39.8 Å². The lowest BCUT2D eigenvalue weighted by Gasteiger charge is -2.21. The second kappa shape index (κ2) is 11.3. The average Bonchev–Trinajstić information content (AvgIpc) is 3.27. The summed E-state index contributed by atoms with van der Waals surface area (Å²) in [4.78, 5) is 40.1. The fourth-order valence-corrected chi connectivity index (χ4v) is 6.53. The van der Waals surface area contributed by atoms with Gasteiger partial charge in [0.15, 0.2) is 0 Å². The van der Waals surface area contributed by atoms with Gasteiger partial charge in [-0.3, -0.25) is 9.59 Å². The molecule has 7 heteroatoms. The Balaban J connectivity index is 1.32. The Morgan fingerprint density at radius 2 is 1.57 bits per heavy atom. The number of thiophene rings is 1. The Bertz CT molecular complexity index is 1280. The maximum absolute atomic E-state index is 13.5. The van der Waals surface area contributed by atoms with Gasteiger partial charge in [-0.2, -0.15) is 0 Å². The van der Waals surface area contributed by atoms with E-state index in [-0.39, 0.29) is 23.9 Å². The molecule has 1 aromatic heterocycles. The molecule has 3 aromatic rings. The van der Waals surface area contributed by atoms with E-state index in [1.165, 1.54) is 17.8 Å². The van der Waals surface area contributed by atoms with Gasteiger partial charge in [-0.05, 0) is 92.8 Å². The number of ether oxygens (including phenoxy) is 1. The van der Waals surface area contributed by atoms with Crippen molar-refractivity contribution in [1.29, 1.82) is 0 Å². The summed E-state index contributed by atoms with van der Waals surface area (Å²) in [6.45, 7) is 2.21. The molecule has 0 aliphatic heterocycles. The van der Waals surface area contributed by atoms with Crippen molar-refractivity contribution < 1.29 is 19.1 Å². The zero-order chi connectivity index (χ0) is 25.8. The first-order valence-corrected chi connectivity index (χ1v) is 13.9. The molecule has 2 aromatic carbocycles. The minimum Gasteiger partial charge on any atom is -0.459 e. The summed E-state index contributed by atoms with van der Waals surface area (Å²) in [5.74, 6) is -0.271. The van der Waals surface area contributed by atoms with Gasteiger partial charge in [0.05, 0.1) is 11.1 Å². The van der Waals surface area contributed by atoms with Crippen molar-refractivity contribution in [2.75, 3.05) is 10.6 Å². The Morgan fingerprint density at radius 3 is 2.30 bits per heavy atom. The lowest BCUT2D eigenvalue weighted by atomic mass is 9.88. The lowest BCUT2D eigenvalue weighted by molar-refractivity contribution is 0.0211. The molecule has 37 heavy (non-hydrogen) atoms. The lowest BCUT2D eigenvalue weighted by Crippen LogP contribution is -2.21. The summed E-state index contributed by atoms with van der Waals surface area (Å²) in [6, 6.07) is 15.8. The van der Waals surface area contributed by atoms with E-state index in [4.69, 9.17) is 4.74 Å². The molecule has 1 fully saturated rings. The van der Waals surface area contributed by atoms with Crippen LogP contribution in [0.4, 0.5) is 10.7 Å². The minimum atomic E-state index is -0.322. The van der Waals surface area contributed by atoms with E-state index in [1.807, 2.05) is 18.2 Å². The second-order valence-corrected chi connectivity index (χ2v) is 11.2. The van der Waals surface area contributed by atoms with Crippen LogP contribution in [0.3, 0.4) is 0 Å². The molecule has 0 saturated heterocycles. The van der Waals surface area contributed by atoms with E-state index in [0.29, 0.717) is 33.3 Å². The average molecular weight is 517 g/mol. The Labute approximate surface area is 221 Å². The highest BCUT2D eigenvalue weighted by Gasteiger charge is 2.29. The van der Waals surface area contributed by atoms with Crippen LogP contribution in [0.15, 0.2) is 54.6 Å². The zero-order valence-corrected chi connectivity index (χ0v) is 21.9. The first-order chi connectivity index (χ1) is 18.0. The summed E-state index contributed by atoms with van der Waals surface area (Å²) in [5, 5.41) is 6.54. The number of esters is 1. The molecule has 192 valence electrons.